The van der Waals surface area contributed by atoms with Crippen molar-refractivity contribution in [1.82, 2.24) is 30.3 Å². The summed E-state index contributed by atoms with van der Waals surface area (Å²) in [7, 11) is 1.74. The van der Waals surface area contributed by atoms with E-state index in [9.17, 15) is 0 Å². The quantitative estimate of drug-likeness (QED) is 0.387. The highest BCUT2D eigenvalue weighted by Crippen LogP contribution is 2.31. The highest BCUT2D eigenvalue weighted by molar-refractivity contribution is 5.79. The molecule has 1 fully saturated rings. The lowest BCUT2D eigenvalue weighted by Crippen LogP contribution is -2.42. The number of nitrogens with one attached hydrogen (secondary N) is 2. The van der Waals surface area contributed by atoms with Gasteiger partial charge in [-0.1, -0.05) is 30.3 Å². The van der Waals surface area contributed by atoms with Crippen LogP contribution in [0.3, 0.4) is 0 Å². The van der Waals surface area contributed by atoms with Gasteiger partial charge in [0.15, 0.2) is 5.96 Å². The third-order valence-corrected chi connectivity index (χ3v) is 5.93. The SMILES string of the molecule is CCNC(=NCc1ccc(-n2cncn2)cc1)NCC(c1ccccc1OC)N1CCCC1. The zero-order valence-corrected chi connectivity index (χ0v) is 19.4. The third kappa shape index (κ3) is 5.90. The smallest absolute Gasteiger partial charge is 0.191 e. The Morgan fingerprint density at radius 3 is 2.58 bits per heavy atom. The van der Waals surface area contributed by atoms with Crippen LogP contribution in [0, 0.1) is 0 Å². The maximum absolute atomic E-state index is 5.67. The number of para-hydroxylation sites is 1. The first-order valence-corrected chi connectivity index (χ1v) is 11.6. The summed E-state index contributed by atoms with van der Waals surface area (Å²) in [5.74, 6) is 1.75. The molecule has 2 heterocycles. The topological polar surface area (TPSA) is 79.6 Å². The maximum atomic E-state index is 5.67. The first-order valence-electron chi connectivity index (χ1n) is 11.6. The number of hydrogen-bond acceptors (Lipinski definition) is 5. The lowest BCUT2D eigenvalue weighted by Gasteiger charge is -2.30. The van der Waals surface area contributed by atoms with Gasteiger partial charge in [-0.3, -0.25) is 4.90 Å². The molecule has 174 valence electrons. The van der Waals surface area contributed by atoms with Crippen LogP contribution < -0.4 is 15.4 Å². The summed E-state index contributed by atoms with van der Waals surface area (Å²) in [6.07, 6.45) is 5.71. The minimum atomic E-state index is 0.231. The summed E-state index contributed by atoms with van der Waals surface area (Å²) in [5.41, 5.74) is 3.33. The zero-order chi connectivity index (χ0) is 22.9. The highest BCUT2D eigenvalue weighted by Gasteiger charge is 2.26. The molecule has 1 aliphatic rings. The van der Waals surface area contributed by atoms with Crippen LogP contribution in [0.1, 0.15) is 36.9 Å². The normalized spacial score (nSPS) is 15.4. The van der Waals surface area contributed by atoms with Gasteiger partial charge in [0, 0.05) is 18.7 Å². The van der Waals surface area contributed by atoms with E-state index in [4.69, 9.17) is 9.73 Å². The van der Waals surface area contributed by atoms with Gasteiger partial charge < -0.3 is 15.4 Å². The Kier molecular flexibility index (Phi) is 7.92. The van der Waals surface area contributed by atoms with E-state index in [-0.39, 0.29) is 6.04 Å². The first-order chi connectivity index (χ1) is 16.3. The number of benzene rings is 2. The van der Waals surface area contributed by atoms with E-state index in [0.29, 0.717) is 6.54 Å². The summed E-state index contributed by atoms with van der Waals surface area (Å²) in [5, 5.41) is 11.1. The van der Waals surface area contributed by atoms with Gasteiger partial charge in [0.1, 0.15) is 18.4 Å². The molecule has 0 bridgehead atoms. The molecule has 1 unspecified atom stereocenters. The van der Waals surface area contributed by atoms with Crippen molar-refractivity contribution in [2.24, 2.45) is 4.99 Å². The van der Waals surface area contributed by atoms with Crippen LogP contribution in [-0.4, -0.2) is 58.9 Å². The molecule has 8 nitrogen and oxygen atoms in total. The van der Waals surface area contributed by atoms with Crippen molar-refractivity contribution in [2.45, 2.75) is 32.4 Å². The van der Waals surface area contributed by atoms with Gasteiger partial charge in [0.25, 0.3) is 0 Å². The lowest BCUT2D eigenvalue weighted by atomic mass is 10.0. The molecular weight excluding hydrogens is 414 g/mol. The van der Waals surface area contributed by atoms with E-state index in [2.05, 4.69) is 56.8 Å². The van der Waals surface area contributed by atoms with E-state index in [0.717, 1.165) is 49.1 Å². The van der Waals surface area contributed by atoms with Crippen molar-refractivity contribution >= 4 is 5.96 Å². The molecule has 1 saturated heterocycles. The van der Waals surface area contributed by atoms with Crippen LogP contribution in [0.25, 0.3) is 5.69 Å². The number of hydrogen-bond donors (Lipinski definition) is 2. The van der Waals surface area contributed by atoms with Crippen molar-refractivity contribution in [3.05, 3.63) is 72.3 Å². The molecule has 1 atom stereocenters. The van der Waals surface area contributed by atoms with Crippen molar-refractivity contribution in [3.8, 4) is 11.4 Å². The van der Waals surface area contributed by atoms with Gasteiger partial charge in [-0.25, -0.2) is 14.7 Å². The highest BCUT2D eigenvalue weighted by atomic mass is 16.5. The minimum absolute atomic E-state index is 0.231. The summed E-state index contributed by atoms with van der Waals surface area (Å²) >= 11 is 0. The number of nitrogens with zero attached hydrogens (tertiary/aromatic N) is 5. The molecule has 1 aliphatic heterocycles. The zero-order valence-electron chi connectivity index (χ0n) is 19.4. The molecule has 3 aromatic rings. The molecule has 0 saturated carbocycles. The average molecular weight is 448 g/mol. The van der Waals surface area contributed by atoms with Gasteiger partial charge in [0.2, 0.25) is 0 Å². The molecule has 4 rings (SSSR count). The Labute approximate surface area is 195 Å². The Balaban J connectivity index is 1.44. The number of rotatable bonds is 9. The number of ether oxygens (including phenoxy) is 1. The van der Waals surface area contributed by atoms with Crippen LogP contribution in [0.2, 0.25) is 0 Å². The Morgan fingerprint density at radius 1 is 1.09 bits per heavy atom. The van der Waals surface area contributed by atoms with Crippen molar-refractivity contribution in [1.29, 1.82) is 0 Å². The third-order valence-electron chi connectivity index (χ3n) is 5.93. The molecule has 0 spiro atoms. The van der Waals surface area contributed by atoms with Crippen molar-refractivity contribution in [3.63, 3.8) is 0 Å². The van der Waals surface area contributed by atoms with Gasteiger partial charge in [-0.15, -0.1) is 0 Å². The number of aromatic nitrogens is 3. The van der Waals surface area contributed by atoms with E-state index in [1.807, 2.05) is 24.3 Å². The van der Waals surface area contributed by atoms with Gasteiger partial charge in [-0.05, 0) is 56.6 Å². The molecule has 0 radical (unpaired) electrons. The van der Waals surface area contributed by atoms with Crippen molar-refractivity contribution < 1.29 is 4.74 Å². The van der Waals surface area contributed by atoms with Crippen molar-refractivity contribution in [2.75, 3.05) is 33.3 Å². The summed E-state index contributed by atoms with van der Waals surface area (Å²) in [4.78, 5) is 11.4. The molecule has 1 aromatic heterocycles. The van der Waals surface area contributed by atoms with Crippen LogP contribution in [0.15, 0.2) is 66.2 Å². The Hall–Kier alpha value is -3.39. The summed E-state index contributed by atoms with van der Waals surface area (Å²) in [6.45, 7) is 6.46. The second kappa shape index (κ2) is 11.5. The average Bonchev–Trinajstić information content (AvgIpc) is 3.58. The number of guanidine groups is 1. The number of methoxy groups -OCH3 is 1. The standard InChI is InChI=1S/C25H33N7O/c1-3-27-25(28-16-20-10-12-21(13-11-20)32-19-26-18-30-32)29-17-23(31-14-6-7-15-31)22-8-4-5-9-24(22)33-2/h4-5,8-13,18-19,23H,3,6-7,14-17H2,1-2H3,(H2,27,28,29). The Bertz CT molecular complexity index is 1010. The van der Waals surface area contributed by atoms with Gasteiger partial charge >= 0.3 is 0 Å². The molecule has 0 aliphatic carbocycles. The number of likely N-dealkylation sites (tertiary alicyclic amines) is 1. The molecule has 33 heavy (non-hydrogen) atoms. The van der Waals surface area contributed by atoms with Gasteiger partial charge in [0.05, 0.1) is 25.4 Å². The molecular formula is C25H33N7O. The van der Waals surface area contributed by atoms with Gasteiger partial charge in [-0.2, -0.15) is 5.10 Å². The molecule has 8 heteroatoms. The second-order valence-electron chi connectivity index (χ2n) is 8.08. The maximum Gasteiger partial charge on any atom is 0.191 e. The summed E-state index contributed by atoms with van der Waals surface area (Å²) < 4.78 is 7.42. The predicted octanol–water partition coefficient (Wildman–Crippen LogP) is 3.17. The minimum Gasteiger partial charge on any atom is -0.496 e. The van der Waals surface area contributed by atoms with E-state index in [1.165, 1.54) is 24.7 Å². The second-order valence-corrected chi connectivity index (χ2v) is 8.08. The largest absolute Gasteiger partial charge is 0.496 e. The van der Waals surface area contributed by atoms with Crippen LogP contribution in [-0.2, 0) is 6.54 Å². The molecule has 2 aromatic carbocycles. The summed E-state index contributed by atoms with van der Waals surface area (Å²) in [6, 6.07) is 16.8. The Morgan fingerprint density at radius 2 is 1.88 bits per heavy atom. The van der Waals surface area contributed by atoms with Crippen LogP contribution in [0.4, 0.5) is 0 Å². The fourth-order valence-electron chi connectivity index (χ4n) is 4.23. The molecule has 0 amide bonds. The fraction of sp³-hybridized carbons (Fsp3) is 0.400. The lowest BCUT2D eigenvalue weighted by molar-refractivity contribution is 0.239. The van der Waals surface area contributed by atoms with Crippen LogP contribution in [0.5, 0.6) is 5.75 Å². The van der Waals surface area contributed by atoms with E-state index in [1.54, 1.807) is 18.1 Å². The van der Waals surface area contributed by atoms with E-state index < -0.39 is 0 Å². The fourth-order valence-corrected chi connectivity index (χ4v) is 4.23. The van der Waals surface area contributed by atoms with E-state index >= 15 is 0 Å². The monoisotopic (exact) mass is 447 g/mol. The van der Waals surface area contributed by atoms with Crippen LogP contribution >= 0.6 is 0 Å². The first kappa shape index (κ1) is 22.8. The number of aliphatic imine (C=N–C) groups is 1. The molecule has 2 N–H and O–H groups in total. The predicted molar refractivity (Wildman–Crippen MR) is 131 cm³/mol.